The second-order valence-electron chi connectivity index (χ2n) is 11.2. The molecule has 0 aromatic heterocycles. The van der Waals surface area contributed by atoms with Gasteiger partial charge in [-0.15, -0.1) is 0 Å². The number of allylic oxidation sites excluding steroid dienone is 1. The number of ketones is 1. The number of ether oxygens (including phenoxy) is 3. The van der Waals surface area contributed by atoms with E-state index >= 15 is 0 Å². The summed E-state index contributed by atoms with van der Waals surface area (Å²) in [6.45, 7) is 18.8. The van der Waals surface area contributed by atoms with E-state index in [-0.39, 0.29) is 43.4 Å². The lowest BCUT2D eigenvalue weighted by atomic mass is 10.1. The van der Waals surface area contributed by atoms with Crippen LogP contribution in [0.5, 0.6) is 0 Å². The first-order valence-electron chi connectivity index (χ1n) is 13.4. The van der Waals surface area contributed by atoms with Gasteiger partial charge >= 0.3 is 7.60 Å². The Morgan fingerprint density at radius 1 is 1.08 bits per heavy atom. The third kappa shape index (κ3) is 10.1. The highest BCUT2D eigenvalue weighted by Crippen LogP contribution is 2.50. The predicted molar refractivity (Wildman–Crippen MR) is 151 cm³/mol. The van der Waals surface area contributed by atoms with Gasteiger partial charge in [-0.05, 0) is 45.8 Å². The summed E-state index contributed by atoms with van der Waals surface area (Å²) in [4.78, 5) is 26.1. The SMILES string of the molecule is CCOP(=O)(C[C@@H](O)[C@H]1O[C@@H](N(/C=C(/C)C(C)=O)C(C)=O)[C@H](OCCOC)[C@@H]1O[Si](C)(C)C(C)(C)C)OCC. The van der Waals surface area contributed by atoms with Crippen molar-refractivity contribution in [2.45, 2.75) is 104 Å². The largest absolute Gasteiger partial charge is 0.408 e. The third-order valence-corrected chi connectivity index (χ3v) is 13.6. The van der Waals surface area contributed by atoms with Crippen molar-refractivity contribution in [1.29, 1.82) is 0 Å². The number of aliphatic hydroxyl groups is 1. The topological polar surface area (TPSA) is 130 Å². The van der Waals surface area contributed by atoms with E-state index in [1.54, 1.807) is 27.9 Å². The van der Waals surface area contributed by atoms with Gasteiger partial charge in [-0.1, -0.05) is 20.8 Å². The van der Waals surface area contributed by atoms with E-state index < -0.39 is 52.5 Å². The van der Waals surface area contributed by atoms with Crippen LogP contribution in [0.25, 0.3) is 0 Å². The number of carbonyl (C=O) groups excluding carboxylic acids is 2. The Balaban J connectivity index is 3.66. The molecule has 1 rings (SSSR count). The molecule has 0 aromatic rings. The number of Topliss-reactive ketones (excluding diaryl/α,β-unsaturated/α-hetero) is 1. The van der Waals surface area contributed by atoms with E-state index in [9.17, 15) is 19.3 Å². The van der Waals surface area contributed by atoms with Crippen molar-refractivity contribution in [3.8, 4) is 0 Å². The maximum Gasteiger partial charge on any atom is 0.333 e. The molecule has 13 heteroatoms. The van der Waals surface area contributed by atoms with Crippen LogP contribution in [0.4, 0.5) is 0 Å². The van der Waals surface area contributed by atoms with Gasteiger partial charge < -0.3 is 32.8 Å². The standard InChI is InChI=1S/C26H50NO10PSi/c1-12-34-38(31,35-13-2)17-21(30)22-23(37-39(10,11)26(6,7)8)24(33-15-14-32-9)25(36-22)27(20(5)29)16-18(3)19(4)28/h16,21-25,30H,12-15,17H2,1-11H3/b18-16-/t21-,22-,23-,24-,25-/m1/s1. The fourth-order valence-electron chi connectivity index (χ4n) is 3.81. The number of hydrogen-bond acceptors (Lipinski definition) is 10. The summed E-state index contributed by atoms with van der Waals surface area (Å²) in [5.41, 5.74) is 0.340. The number of aliphatic hydroxyl groups excluding tert-OH is 1. The van der Waals surface area contributed by atoms with Crippen LogP contribution in [0.3, 0.4) is 0 Å². The molecular formula is C26H50NO10PSi. The van der Waals surface area contributed by atoms with Gasteiger partial charge in [0, 0.05) is 25.8 Å². The second-order valence-corrected chi connectivity index (χ2v) is 18.0. The summed E-state index contributed by atoms with van der Waals surface area (Å²) < 4.78 is 48.6. The molecule has 0 radical (unpaired) electrons. The Kier molecular flexibility index (Phi) is 14.2. The van der Waals surface area contributed by atoms with Crippen molar-refractivity contribution in [3.05, 3.63) is 11.8 Å². The van der Waals surface area contributed by atoms with Gasteiger partial charge in [0.2, 0.25) is 5.91 Å². The van der Waals surface area contributed by atoms with E-state index in [1.807, 2.05) is 0 Å². The highest BCUT2D eigenvalue weighted by atomic mass is 31.2. The zero-order valence-corrected chi connectivity index (χ0v) is 27.4. The fourth-order valence-corrected chi connectivity index (χ4v) is 6.85. The highest BCUT2D eigenvalue weighted by molar-refractivity contribution is 7.53. The molecule has 5 atom stereocenters. The van der Waals surface area contributed by atoms with Crippen LogP contribution in [0.15, 0.2) is 11.8 Å². The first-order chi connectivity index (χ1) is 17.9. The van der Waals surface area contributed by atoms with Crippen LogP contribution in [-0.2, 0) is 41.8 Å². The number of hydrogen-bond donors (Lipinski definition) is 1. The summed E-state index contributed by atoms with van der Waals surface area (Å²) in [5.74, 6) is -0.604. The monoisotopic (exact) mass is 595 g/mol. The van der Waals surface area contributed by atoms with Crippen molar-refractivity contribution < 1.29 is 46.9 Å². The summed E-state index contributed by atoms with van der Waals surface area (Å²) >= 11 is 0. The van der Waals surface area contributed by atoms with Gasteiger partial charge in [-0.3, -0.25) is 19.1 Å². The lowest BCUT2D eigenvalue weighted by Crippen LogP contribution is -2.53. The maximum absolute atomic E-state index is 13.3. The van der Waals surface area contributed by atoms with Gasteiger partial charge in [0.25, 0.3) is 0 Å². The van der Waals surface area contributed by atoms with Gasteiger partial charge in [-0.25, -0.2) is 0 Å². The van der Waals surface area contributed by atoms with Crippen LogP contribution in [0.2, 0.25) is 18.1 Å². The van der Waals surface area contributed by atoms with Crippen molar-refractivity contribution in [2.24, 2.45) is 0 Å². The molecule has 0 unspecified atom stereocenters. The average molecular weight is 596 g/mol. The van der Waals surface area contributed by atoms with E-state index in [0.29, 0.717) is 5.57 Å². The average Bonchev–Trinajstić information content (AvgIpc) is 3.13. The predicted octanol–water partition coefficient (Wildman–Crippen LogP) is 4.10. The number of nitrogens with zero attached hydrogens (tertiary/aromatic N) is 1. The number of rotatable bonds is 16. The zero-order valence-electron chi connectivity index (χ0n) is 25.5. The van der Waals surface area contributed by atoms with Crippen molar-refractivity contribution in [1.82, 2.24) is 4.90 Å². The number of methoxy groups -OCH3 is 1. The van der Waals surface area contributed by atoms with E-state index in [0.717, 1.165) is 0 Å². The number of carbonyl (C=O) groups is 2. The van der Waals surface area contributed by atoms with Gasteiger partial charge in [-0.2, -0.15) is 0 Å². The fraction of sp³-hybridized carbons (Fsp3) is 0.846. The van der Waals surface area contributed by atoms with Crippen LogP contribution in [0, 0.1) is 0 Å². The molecule has 1 aliphatic rings. The molecule has 0 aliphatic carbocycles. The van der Waals surface area contributed by atoms with Crippen molar-refractivity contribution >= 4 is 27.6 Å². The minimum absolute atomic E-state index is 0.137. The molecule has 39 heavy (non-hydrogen) atoms. The van der Waals surface area contributed by atoms with E-state index in [1.165, 1.54) is 24.9 Å². The lowest BCUT2D eigenvalue weighted by Gasteiger charge is -2.41. The zero-order chi connectivity index (χ0) is 30.2. The molecule has 1 fully saturated rings. The van der Waals surface area contributed by atoms with Crippen LogP contribution in [0.1, 0.15) is 55.4 Å². The summed E-state index contributed by atoms with van der Waals surface area (Å²) in [5, 5.41) is 11.2. The Labute approximate surface area is 235 Å². The lowest BCUT2D eigenvalue weighted by molar-refractivity contribution is -0.149. The first kappa shape index (κ1) is 36.1. The minimum Gasteiger partial charge on any atom is -0.408 e. The Morgan fingerprint density at radius 3 is 2.08 bits per heavy atom. The quantitative estimate of drug-likeness (QED) is 0.120. The number of amides is 1. The Morgan fingerprint density at radius 2 is 1.64 bits per heavy atom. The van der Waals surface area contributed by atoms with Crippen LogP contribution in [-0.4, -0.2) is 100 Å². The smallest absolute Gasteiger partial charge is 0.333 e. The molecule has 1 aliphatic heterocycles. The molecular weight excluding hydrogens is 545 g/mol. The van der Waals surface area contributed by atoms with Gasteiger partial charge in [0.1, 0.15) is 18.3 Å². The molecule has 0 spiro atoms. The summed E-state index contributed by atoms with van der Waals surface area (Å²) in [6, 6.07) is 0. The first-order valence-corrected chi connectivity index (χ1v) is 18.1. The molecule has 1 saturated heterocycles. The molecule has 1 N–H and O–H groups in total. The van der Waals surface area contributed by atoms with Crippen LogP contribution < -0.4 is 0 Å². The maximum atomic E-state index is 13.3. The molecule has 228 valence electrons. The van der Waals surface area contributed by atoms with E-state index in [4.69, 9.17) is 27.7 Å². The van der Waals surface area contributed by atoms with Crippen molar-refractivity contribution in [3.63, 3.8) is 0 Å². The molecule has 1 amide bonds. The third-order valence-electron chi connectivity index (χ3n) is 7.03. The second kappa shape index (κ2) is 15.3. The van der Waals surface area contributed by atoms with Crippen molar-refractivity contribution in [2.75, 3.05) is 39.7 Å². The van der Waals surface area contributed by atoms with Gasteiger partial charge in [0.15, 0.2) is 20.3 Å². The minimum atomic E-state index is -3.65. The summed E-state index contributed by atoms with van der Waals surface area (Å²) in [6.07, 6.45) is -4.03. The molecule has 0 saturated carbocycles. The normalized spacial score (nSPS) is 23.6. The summed E-state index contributed by atoms with van der Waals surface area (Å²) in [7, 11) is -4.59. The Bertz CT molecular complexity index is 880. The molecule has 11 nitrogen and oxygen atoms in total. The van der Waals surface area contributed by atoms with Crippen LogP contribution >= 0.6 is 7.60 Å². The van der Waals surface area contributed by atoms with Gasteiger partial charge in [0.05, 0.1) is 38.7 Å². The Hall–Kier alpha value is -0.953. The molecule has 0 aromatic carbocycles. The highest BCUT2D eigenvalue weighted by Gasteiger charge is 2.55. The molecule has 0 bridgehead atoms. The van der Waals surface area contributed by atoms with E-state index in [2.05, 4.69) is 33.9 Å². The molecule has 1 heterocycles.